The van der Waals surface area contributed by atoms with Crippen LogP contribution in [-0.2, 0) is 0 Å². The predicted molar refractivity (Wildman–Crippen MR) is 82.5 cm³/mol. The molecule has 0 bridgehead atoms. The van der Waals surface area contributed by atoms with Crippen LogP contribution in [0.2, 0.25) is 0 Å². The van der Waals surface area contributed by atoms with Crippen LogP contribution in [0.4, 0.5) is 0 Å². The Bertz CT molecular complexity index is 307. The second-order valence-electron chi connectivity index (χ2n) is 6.20. The molecule has 0 spiro atoms. The predicted octanol–water partition coefficient (Wildman–Crippen LogP) is 0.378. The van der Waals surface area contributed by atoms with Crippen molar-refractivity contribution in [3.63, 3.8) is 0 Å². The highest BCUT2D eigenvalue weighted by Gasteiger charge is 2.20. The van der Waals surface area contributed by atoms with E-state index in [1.807, 2.05) is 0 Å². The Morgan fingerprint density at radius 1 is 1.15 bits per heavy atom. The quantitative estimate of drug-likeness (QED) is 0.690. The molecule has 0 radical (unpaired) electrons. The lowest BCUT2D eigenvalue weighted by Crippen LogP contribution is -2.46. The van der Waals surface area contributed by atoms with Gasteiger partial charge in [-0.2, -0.15) is 0 Å². The standard InChI is InChI=1S/C16H29N3O/c1-2-8-18-10-5-16(6-11-18)17-7-12-19-9-3-4-15(13-19)14-20/h1,15-17,20H,3-14H2. The van der Waals surface area contributed by atoms with Crippen molar-refractivity contribution in [2.24, 2.45) is 5.92 Å². The molecule has 0 aromatic carbocycles. The summed E-state index contributed by atoms with van der Waals surface area (Å²) in [7, 11) is 0. The lowest BCUT2D eigenvalue weighted by molar-refractivity contribution is 0.119. The first kappa shape index (κ1) is 15.8. The van der Waals surface area contributed by atoms with E-state index >= 15 is 0 Å². The number of aliphatic hydroxyl groups excluding tert-OH is 1. The number of likely N-dealkylation sites (tertiary alicyclic amines) is 2. The third kappa shape index (κ3) is 5.06. The zero-order valence-electron chi connectivity index (χ0n) is 12.6. The molecule has 2 aliphatic heterocycles. The van der Waals surface area contributed by atoms with Crippen molar-refractivity contribution in [3.8, 4) is 12.3 Å². The average molecular weight is 279 g/mol. The van der Waals surface area contributed by atoms with Crippen molar-refractivity contribution >= 4 is 0 Å². The lowest BCUT2D eigenvalue weighted by Gasteiger charge is -2.34. The fraction of sp³-hybridized carbons (Fsp3) is 0.875. The first-order chi connectivity index (χ1) is 9.81. The van der Waals surface area contributed by atoms with Crippen LogP contribution in [0, 0.1) is 18.3 Å². The summed E-state index contributed by atoms with van der Waals surface area (Å²) >= 11 is 0. The molecule has 0 amide bonds. The Kier molecular flexibility index (Phi) is 6.81. The van der Waals surface area contributed by atoms with Gasteiger partial charge >= 0.3 is 0 Å². The fourth-order valence-corrected chi connectivity index (χ4v) is 3.35. The number of nitrogens with one attached hydrogen (secondary N) is 1. The van der Waals surface area contributed by atoms with Crippen molar-refractivity contribution in [2.45, 2.75) is 31.7 Å². The van der Waals surface area contributed by atoms with Gasteiger partial charge in [-0.1, -0.05) is 5.92 Å². The van der Waals surface area contributed by atoms with Gasteiger partial charge in [0.05, 0.1) is 6.54 Å². The average Bonchev–Trinajstić information content (AvgIpc) is 2.50. The minimum Gasteiger partial charge on any atom is -0.396 e. The van der Waals surface area contributed by atoms with Gasteiger partial charge in [0.25, 0.3) is 0 Å². The number of hydrogen-bond donors (Lipinski definition) is 2. The minimum atomic E-state index is 0.345. The summed E-state index contributed by atoms with van der Waals surface area (Å²) in [6, 6.07) is 0.655. The van der Waals surface area contributed by atoms with E-state index in [-0.39, 0.29) is 0 Å². The Morgan fingerprint density at radius 2 is 1.95 bits per heavy atom. The zero-order valence-corrected chi connectivity index (χ0v) is 12.6. The number of nitrogens with zero attached hydrogens (tertiary/aromatic N) is 2. The Labute approximate surface area is 123 Å². The molecule has 2 fully saturated rings. The molecule has 0 saturated carbocycles. The van der Waals surface area contributed by atoms with Crippen LogP contribution in [0.5, 0.6) is 0 Å². The second-order valence-corrected chi connectivity index (χ2v) is 6.20. The molecule has 2 heterocycles. The maximum atomic E-state index is 9.25. The molecular formula is C16H29N3O. The normalized spacial score (nSPS) is 26.5. The van der Waals surface area contributed by atoms with Gasteiger partial charge in [0, 0.05) is 45.4 Å². The molecule has 4 heteroatoms. The maximum absolute atomic E-state index is 9.25. The highest BCUT2D eigenvalue weighted by Crippen LogP contribution is 2.15. The van der Waals surface area contributed by atoms with E-state index in [0.29, 0.717) is 18.6 Å². The van der Waals surface area contributed by atoms with E-state index in [1.54, 1.807) is 0 Å². The molecule has 2 N–H and O–H groups in total. The Morgan fingerprint density at radius 3 is 2.65 bits per heavy atom. The maximum Gasteiger partial charge on any atom is 0.0598 e. The van der Waals surface area contributed by atoms with Gasteiger partial charge in [0.1, 0.15) is 0 Å². The van der Waals surface area contributed by atoms with Gasteiger partial charge in [0.15, 0.2) is 0 Å². The third-order valence-electron chi connectivity index (χ3n) is 4.62. The van der Waals surface area contributed by atoms with Crippen LogP contribution >= 0.6 is 0 Å². The fourth-order valence-electron chi connectivity index (χ4n) is 3.35. The van der Waals surface area contributed by atoms with Gasteiger partial charge < -0.3 is 15.3 Å². The number of aliphatic hydroxyl groups is 1. The molecular weight excluding hydrogens is 250 g/mol. The number of piperidine rings is 2. The summed E-state index contributed by atoms with van der Waals surface area (Å²) in [6.45, 7) is 7.83. The minimum absolute atomic E-state index is 0.345. The van der Waals surface area contributed by atoms with E-state index in [9.17, 15) is 5.11 Å². The van der Waals surface area contributed by atoms with E-state index in [2.05, 4.69) is 21.0 Å². The highest BCUT2D eigenvalue weighted by atomic mass is 16.3. The summed E-state index contributed by atoms with van der Waals surface area (Å²) in [5.41, 5.74) is 0. The van der Waals surface area contributed by atoms with Gasteiger partial charge in [-0.25, -0.2) is 0 Å². The third-order valence-corrected chi connectivity index (χ3v) is 4.62. The topological polar surface area (TPSA) is 38.7 Å². The van der Waals surface area contributed by atoms with Crippen LogP contribution < -0.4 is 5.32 Å². The van der Waals surface area contributed by atoms with Crippen LogP contribution in [0.15, 0.2) is 0 Å². The number of hydrogen-bond acceptors (Lipinski definition) is 4. The molecule has 20 heavy (non-hydrogen) atoms. The lowest BCUT2D eigenvalue weighted by atomic mass is 9.99. The molecule has 0 aromatic rings. The molecule has 114 valence electrons. The second kappa shape index (κ2) is 8.63. The molecule has 0 aliphatic carbocycles. The zero-order chi connectivity index (χ0) is 14.2. The van der Waals surface area contributed by atoms with Crippen molar-refractivity contribution < 1.29 is 5.11 Å². The molecule has 1 unspecified atom stereocenters. The summed E-state index contributed by atoms with van der Waals surface area (Å²) in [6.07, 6.45) is 10.2. The molecule has 0 aromatic heterocycles. The van der Waals surface area contributed by atoms with Crippen LogP contribution in [0.25, 0.3) is 0 Å². The molecule has 2 rings (SSSR count). The van der Waals surface area contributed by atoms with Crippen molar-refractivity contribution in [3.05, 3.63) is 0 Å². The summed E-state index contributed by atoms with van der Waals surface area (Å²) in [5, 5.41) is 12.9. The Hall–Kier alpha value is -0.600. The summed E-state index contributed by atoms with van der Waals surface area (Å²) < 4.78 is 0. The molecule has 1 atom stereocenters. The van der Waals surface area contributed by atoms with Crippen LogP contribution in [0.3, 0.4) is 0 Å². The number of terminal acetylenes is 1. The van der Waals surface area contributed by atoms with E-state index < -0.39 is 0 Å². The van der Waals surface area contributed by atoms with E-state index in [1.165, 1.54) is 32.2 Å². The Balaban J connectivity index is 1.56. The van der Waals surface area contributed by atoms with Crippen LogP contribution in [0.1, 0.15) is 25.7 Å². The first-order valence-corrected chi connectivity index (χ1v) is 8.04. The number of rotatable bonds is 6. The first-order valence-electron chi connectivity index (χ1n) is 8.04. The van der Waals surface area contributed by atoms with Crippen molar-refractivity contribution in [1.29, 1.82) is 0 Å². The molecule has 2 saturated heterocycles. The molecule has 2 aliphatic rings. The van der Waals surface area contributed by atoms with E-state index in [0.717, 1.165) is 39.3 Å². The summed E-state index contributed by atoms with van der Waals surface area (Å²) in [5.74, 6) is 3.22. The SMILES string of the molecule is C#CCN1CCC(NCCN2CCCC(CO)C2)CC1. The largest absolute Gasteiger partial charge is 0.396 e. The van der Waals surface area contributed by atoms with Gasteiger partial charge in [-0.3, -0.25) is 4.90 Å². The van der Waals surface area contributed by atoms with Gasteiger partial charge in [-0.15, -0.1) is 6.42 Å². The highest BCUT2D eigenvalue weighted by molar-refractivity contribution is 4.90. The van der Waals surface area contributed by atoms with Gasteiger partial charge in [-0.05, 0) is 38.1 Å². The van der Waals surface area contributed by atoms with Crippen LogP contribution in [-0.4, -0.2) is 73.4 Å². The van der Waals surface area contributed by atoms with Crippen molar-refractivity contribution in [2.75, 3.05) is 52.4 Å². The monoisotopic (exact) mass is 279 g/mol. The van der Waals surface area contributed by atoms with E-state index in [4.69, 9.17) is 6.42 Å². The molecule has 4 nitrogen and oxygen atoms in total. The summed E-state index contributed by atoms with van der Waals surface area (Å²) in [4.78, 5) is 4.85. The van der Waals surface area contributed by atoms with Gasteiger partial charge in [0.2, 0.25) is 0 Å². The van der Waals surface area contributed by atoms with Crippen molar-refractivity contribution in [1.82, 2.24) is 15.1 Å². The smallest absolute Gasteiger partial charge is 0.0598 e.